The molecule has 0 aliphatic heterocycles. The molecule has 0 aliphatic carbocycles. The standard InChI is InChI=1S/C53H80FN3O2/c1-3-5-7-9-11-13-15-17-19-21-23-25-27-29-43-56(44-30-28-26-24-22-20-18-16-14-12-10-8-6-4-2)51-40-35-47(36-41-51)31-32-49-34-39-50(55-46-49)38-33-48-37-42-53(57(58)59)52(54)45-48/h31-42,45-46H,3-30,43-44H2,1-2H3/b32-31+,38-33+. The third-order valence-corrected chi connectivity index (χ3v) is 11.7. The quantitative estimate of drug-likeness (QED) is 0.0333. The minimum Gasteiger partial charge on any atom is -0.372 e. The van der Waals surface area contributed by atoms with E-state index in [1.165, 1.54) is 198 Å². The lowest BCUT2D eigenvalue weighted by atomic mass is 10.0. The van der Waals surface area contributed by atoms with Gasteiger partial charge in [0.25, 0.3) is 0 Å². The van der Waals surface area contributed by atoms with Crippen molar-refractivity contribution in [3.05, 3.63) is 99.1 Å². The van der Waals surface area contributed by atoms with Gasteiger partial charge in [0.1, 0.15) is 0 Å². The van der Waals surface area contributed by atoms with Gasteiger partial charge in [-0.15, -0.1) is 0 Å². The Balaban J connectivity index is 1.41. The third-order valence-electron chi connectivity index (χ3n) is 11.7. The number of aromatic nitrogens is 1. The first-order valence-corrected chi connectivity index (χ1v) is 24.1. The Bertz CT molecular complexity index is 1520. The summed E-state index contributed by atoms with van der Waals surface area (Å²) in [5, 5.41) is 10.9. The lowest BCUT2D eigenvalue weighted by molar-refractivity contribution is -0.387. The first-order chi connectivity index (χ1) is 29.0. The number of hydrogen-bond acceptors (Lipinski definition) is 4. The van der Waals surface area contributed by atoms with Gasteiger partial charge in [-0.2, -0.15) is 4.39 Å². The van der Waals surface area contributed by atoms with Crippen LogP contribution in [-0.4, -0.2) is 23.0 Å². The fraction of sp³-hybridized carbons (Fsp3) is 0.604. The lowest BCUT2D eigenvalue weighted by Gasteiger charge is -2.25. The highest BCUT2D eigenvalue weighted by Gasteiger charge is 2.13. The van der Waals surface area contributed by atoms with Gasteiger partial charge in [-0.25, -0.2) is 0 Å². The van der Waals surface area contributed by atoms with Crippen LogP contribution in [0.5, 0.6) is 0 Å². The van der Waals surface area contributed by atoms with Gasteiger partial charge >= 0.3 is 5.69 Å². The van der Waals surface area contributed by atoms with Crippen LogP contribution in [0, 0.1) is 15.9 Å². The maximum atomic E-state index is 14.0. The molecule has 0 saturated carbocycles. The summed E-state index contributed by atoms with van der Waals surface area (Å²) < 4.78 is 14.0. The number of pyridine rings is 1. The molecular weight excluding hydrogens is 730 g/mol. The smallest absolute Gasteiger partial charge is 0.304 e. The van der Waals surface area contributed by atoms with Crippen molar-refractivity contribution in [2.24, 2.45) is 0 Å². The minimum absolute atomic E-state index is 0.524. The van der Waals surface area contributed by atoms with Crippen molar-refractivity contribution in [3.8, 4) is 0 Å². The molecule has 3 aromatic rings. The van der Waals surface area contributed by atoms with E-state index >= 15 is 0 Å². The average molecular weight is 810 g/mol. The Morgan fingerprint density at radius 2 is 0.898 bits per heavy atom. The summed E-state index contributed by atoms with van der Waals surface area (Å²) in [6.07, 6.45) is 48.4. The zero-order valence-corrected chi connectivity index (χ0v) is 37.3. The molecule has 0 N–H and O–H groups in total. The molecule has 326 valence electrons. The van der Waals surface area contributed by atoms with E-state index < -0.39 is 16.4 Å². The first kappa shape index (κ1) is 49.6. The molecule has 0 radical (unpaired) electrons. The molecule has 0 bridgehead atoms. The molecule has 1 aromatic heterocycles. The van der Waals surface area contributed by atoms with Crippen LogP contribution in [0.3, 0.4) is 0 Å². The second kappa shape index (κ2) is 33.0. The minimum atomic E-state index is -0.846. The fourth-order valence-corrected chi connectivity index (χ4v) is 7.92. The van der Waals surface area contributed by atoms with E-state index in [1.807, 2.05) is 18.3 Å². The van der Waals surface area contributed by atoms with Gasteiger partial charge in [-0.1, -0.05) is 217 Å². The second-order valence-corrected chi connectivity index (χ2v) is 16.9. The SMILES string of the molecule is CCCCCCCCCCCCCCCCN(CCCCCCCCCCCCCCCC)c1ccc(/C=C/c2ccc(/C=C/c3ccc([N+](=O)[O-])c(F)c3)nc2)cc1. The van der Waals surface area contributed by atoms with Crippen LogP contribution < -0.4 is 4.90 Å². The number of nitrogens with zero attached hydrogens (tertiary/aromatic N) is 3. The maximum absolute atomic E-state index is 14.0. The average Bonchev–Trinajstić information content (AvgIpc) is 3.25. The number of nitro benzene ring substituents is 1. The van der Waals surface area contributed by atoms with Crippen molar-refractivity contribution < 1.29 is 9.31 Å². The Kier molecular flexibility index (Phi) is 27.7. The number of halogens is 1. The van der Waals surface area contributed by atoms with Crippen LogP contribution >= 0.6 is 0 Å². The Morgan fingerprint density at radius 1 is 0.508 bits per heavy atom. The van der Waals surface area contributed by atoms with Crippen molar-refractivity contribution in [3.63, 3.8) is 0 Å². The molecule has 1 heterocycles. The highest BCUT2D eigenvalue weighted by Crippen LogP contribution is 2.22. The van der Waals surface area contributed by atoms with Gasteiger partial charge in [0.15, 0.2) is 0 Å². The van der Waals surface area contributed by atoms with Crippen LogP contribution in [0.2, 0.25) is 0 Å². The number of rotatable bonds is 36. The number of benzene rings is 2. The van der Waals surface area contributed by atoms with E-state index in [-0.39, 0.29) is 0 Å². The van der Waals surface area contributed by atoms with Crippen molar-refractivity contribution >= 4 is 35.7 Å². The summed E-state index contributed by atoms with van der Waals surface area (Å²) >= 11 is 0. The van der Waals surface area contributed by atoms with Gasteiger partial charge in [0, 0.05) is 31.0 Å². The third kappa shape index (κ3) is 23.5. The Morgan fingerprint density at radius 3 is 1.31 bits per heavy atom. The molecule has 5 nitrogen and oxygen atoms in total. The molecule has 0 spiro atoms. The van der Waals surface area contributed by atoms with E-state index in [9.17, 15) is 14.5 Å². The van der Waals surface area contributed by atoms with E-state index in [2.05, 4.69) is 60.1 Å². The molecule has 0 amide bonds. The van der Waals surface area contributed by atoms with Crippen molar-refractivity contribution in [1.29, 1.82) is 0 Å². The molecule has 59 heavy (non-hydrogen) atoms. The summed E-state index contributed by atoms with van der Waals surface area (Å²) in [6.45, 7) is 6.86. The molecule has 0 aliphatic rings. The molecule has 0 fully saturated rings. The zero-order chi connectivity index (χ0) is 42.0. The normalized spacial score (nSPS) is 11.6. The fourth-order valence-electron chi connectivity index (χ4n) is 7.92. The summed E-state index contributed by atoms with van der Waals surface area (Å²) in [4.78, 5) is 17.3. The number of anilines is 1. The summed E-state index contributed by atoms with van der Waals surface area (Å²) in [5.74, 6) is -0.846. The van der Waals surface area contributed by atoms with Crippen LogP contribution in [0.15, 0.2) is 60.8 Å². The van der Waals surface area contributed by atoms with Crippen LogP contribution in [0.4, 0.5) is 15.8 Å². The Hall–Kier alpha value is -3.80. The van der Waals surface area contributed by atoms with Gasteiger partial charge in [-0.3, -0.25) is 15.1 Å². The summed E-state index contributed by atoms with van der Waals surface area (Å²) in [5.41, 5.74) is 4.22. The van der Waals surface area contributed by atoms with Crippen LogP contribution in [-0.2, 0) is 0 Å². The summed E-state index contributed by atoms with van der Waals surface area (Å²) in [7, 11) is 0. The molecule has 0 atom stereocenters. The van der Waals surface area contributed by atoms with Gasteiger partial charge in [-0.05, 0) is 65.9 Å². The Labute approximate surface area is 359 Å². The van der Waals surface area contributed by atoms with E-state index in [0.29, 0.717) is 5.56 Å². The number of nitro groups is 1. The van der Waals surface area contributed by atoms with E-state index in [0.717, 1.165) is 36.0 Å². The molecule has 0 unspecified atom stereocenters. The van der Waals surface area contributed by atoms with Gasteiger partial charge < -0.3 is 4.90 Å². The van der Waals surface area contributed by atoms with Crippen LogP contribution in [0.1, 0.15) is 216 Å². The predicted octanol–water partition coefficient (Wildman–Crippen LogP) is 17.2. The van der Waals surface area contributed by atoms with Crippen LogP contribution in [0.25, 0.3) is 24.3 Å². The highest BCUT2D eigenvalue weighted by molar-refractivity contribution is 5.72. The summed E-state index contributed by atoms with van der Waals surface area (Å²) in [6, 6.07) is 16.8. The monoisotopic (exact) mass is 810 g/mol. The molecule has 0 saturated heterocycles. The van der Waals surface area contributed by atoms with Gasteiger partial charge in [0.2, 0.25) is 5.82 Å². The van der Waals surface area contributed by atoms with Gasteiger partial charge in [0.05, 0.1) is 10.6 Å². The van der Waals surface area contributed by atoms with Crippen molar-refractivity contribution in [2.75, 3.05) is 18.0 Å². The highest BCUT2D eigenvalue weighted by atomic mass is 19.1. The van der Waals surface area contributed by atoms with E-state index in [4.69, 9.17) is 0 Å². The maximum Gasteiger partial charge on any atom is 0.304 e. The molecule has 3 rings (SSSR count). The largest absolute Gasteiger partial charge is 0.372 e. The first-order valence-electron chi connectivity index (χ1n) is 24.1. The topological polar surface area (TPSA) is 59.3 Å². The van der Waals surface area contributed by atoms with E-state index in [1.54, 1.807) is 12.2 Å². The van der Waals surface area contributed by atoms with Crippen molar-refractivity contribution in [2.45, 2.75) is 194 Å². The molecular formula is C53H80FN3O2. The number of unbranched alkanes of at least 4 members (excludes halogenated alkanes) is 26. The predicted molar refractivity (Wildman–Crippen MR) is 254 cm³/mol. The van der Waals surface area contributed by atoms with Crippen molar-refractivity contribution in [1.82, 2.24) is 4.98 Å². The number of hydrogen-bond donors (Lipinski definition) is 0. The second-order valence-electron chi connectivity index (χ2n) is 16.9. The molecule has 2 aromatic carbocycles. The zero-order valence-electron chi connectivity index (χ0n) is 37.3. The lowest BCUT2D eigenvalue weighted by Crippen LogP contribution is -2.25. The molecule has 6 heteroatoms.